The second-order valence-electron chi connectivity index (χ2n) is 9.07. The van der Waals surface area contributed by atoms with Crippen LogP contribution in [0.25, 0.3) is 55.7 Å². The maximum atomic E-state index is 14.0. The van der Waals surface area contributed by atoms with E-state index in [9.17, 15) is 14.3 Å². The molecule has 188 valence electrons. The van der Waals surface area contributed by atoms with Crippen molar-refractivity contribution in [3.05, 3.63) is 78.9 Å². The van der Waals surface area contributed by atoms with Crippen molar-refractivity contribution in [1.82, 2.24) is 25.1 Å². The number of rotatable bonds is 6. The molecule has 4 heterocycles. The number of hydrogen-bond donors (Lipinski definition) is 4. The number of aromatic amines is 2. The van der Waals surface area contributed by atoms with Gasteiger partial charge in [0.05, 0.1) is 28.8 Å². The molecule has 0 aliphatic carbocycles. The SMILES string of the molecule is CCCC(=O)Nc1cncc(-c2ccc3[nH]nc(-c4cc5c(-c6cc(O)cc(F)c6)cccc5[nH]4)c3n2)c1. The van der Waals surface area contributed by atoms with E-state index in [1.807, 2.05) is 49.4 Å². The van der Waals surface area contributed by atoms with Crippen LogP contribution in [0.15, 0.2) is 73.1 Å². The molecule has 9 heteroatoms. The molecule has 0 saturated heterocycles. The Morgan fingerprint density at radius 3 is 2.76 bits per heavy atom. The molecule has 8 nitrogen and oxygen atoms in total. The molecule has 2 aromatic carbocycles. The maximum Gasteiger partial charge on any atom is 0.224 e. The van der Waals surface area contributed by atoms with Crippen molar-refractivity contribution in [1.29, 1.82) is 0 Å². The lowest BCUT2D eigenvalue weighted by molar-refractivity contribution is -0.116. The molecule has 38 heavy (non-hydrogen) atoms. The highest BCUT2D eigenvalue weighted by atomic mass is 19.1. The van der Waals surface area contributed by atoms with Crippen LogP contribution in [0.1, 0.15) is 19.8 Å². The van der Waals surface area contributed by atoms with E-state index in [-0.39, 0.29) is 11.7 Å². The molecule has 0 unspecified atom stereocenters. The number of phenols is 1. The molecule has 1 amide bonds. The molecule has 4 N–H and O–H groups in total. The summed E-state index contributed by atoms with van der Waals surface area (Å²) < 4.78 is 14.0. The molecule has 0 bridgehead atoms. The van der Waals surface area contributed by atoms with Crippen LogP contribution in [0.3, 0.4) is 0 Å². The lowest BCUT2D eigenvalue weighted by Crippen LogP contribution is -2.10. The Hall–Kier alpha value is -5.05. The Morgan fingerprint density at radius 1 is 1.03 bits per heavy atom. The fourth-order valence-electron chi connectivity index (χ4n) is 4.61. The number of fused-ring (bicyclic) bond motifs is 2. The first-order valence-electron chi connectivity index (χ1n) is 12.2. The molecule has 6 aromatic rings. The molecule has 0 atom stereocenters. The van der Waals surface area contributed by atoms with Crippen LogP contribution in [0, 0.1) is 5.82 Å². The molecule has 0 aliphatic heterocycles. The number of carbonyl (C=O) groups excluding carboxylic acids is 1. The average Bonchev–Trinajstić information content (AvgIpc) is 3.52. The molecular weight excluding hydrogens is 483 g/mol. The molecule has 0 fully saturated rings. The third-order valence-corrected chi connectivity index (χ3v) is 6.32. The second kappa shape index (κ2) is 9.44. The number of nitrogens with zero attached hydrogens (tertiary/aromatic N) is 3. The van der Waals surface area contributed by atoms with E-state index in [2.05, 4.69) is 25.5 Å². The first kappa shape index (κ1) is 23.4. The third kappa shape index (κ3) is 4.34. The highest BCUT2D eigenvalue weighted by molar-refractivity contribution is 6.00. The largest absolute Gasteiger partial charge is 0.508 e. The molecule has 0 saturated carbocycles. The molecule has 4 aromatic heterocycles. The van der Waals surface area contributed by atoms with Gasteiger partial charge >= 0.3 is 0 Å². The Morgan fingerprint density at radius 2 is 1.92 bits per heavy atom. The van der Waals surface area contributed by atoms with Gasteiger partial charge in [0.15, 0.2) is 0 Å². The summed E-state index contributed by atoms with van der Waals surface area (Å²) in [5.41, 5.74) is 7.05. The number of amides is 1. The summed E-state index contributed by atoms with van der Waals surface area (Å²) in [6, 6.07) is 17.3. The number of anilines is 1. The number of carbonyl (C=O) groups is 1. The minimum atomic E-state index is -0.508. The average molecular weight is 507 g/mol. The van der Waals surface area contributed by atoms with Gasteiger partial charge in [-0.2, -0.15) is 5.10 Å². The van der Waals surface area contributed by atoms with E-state index in [4.69, 9.17) is 4.98 Å². The van der Waals surface area contributed by atoms with Crippen LogP contribution in [0.4, 0.5) is 10.1 Å². The molecule has 0 radical (unpaired) electrons. The van der Waals surface area contributed by atoms with Crippen molar-refractivity contribution in [3.63, 3.8) is 0 Å². The summed E-state index contributed by atoms with van der Waals surface area (Å²) >= 11 is 0. The van der Waals surface area contributed by atoms with Gasteiger partial charge < -0.3 is 15.4 Å². The monoisotopic (exact) mass is 506 g/mol. The van der Waals surface area contributed by atoms with Crippen molar-refractivity contribution >= 4 is 33.5 Å². The molecule has 0 spiro atoms. The number of H-pyrrole nitrogens is 2. The zero-order chi connectivity index (χ0) is 26.2. The minimum Gasteiger partial charge on any atom is -0.508 e. The normalized spacial score (nSPS) is 11.3. The Balaban J connectivity index is 1.41. The number of halogens is 1. The van der Waals surface area contributed by atoms with Crippen LogP contribution in [0.2, 0.25) is 0 Å². The van der Waals surface area contributed by atoms with Crippen LogP contribution < -0.4 is 5.32 Å². The van der Waals surface area contributed by atoms with Gasteiger partial charge in [0.1, 0.15) is 22.8 Å². The predicted molar refractivity (Wildman–Crippen MR) is 145 cm³/mol. The Kier molecular flexibility index (Phi) is 5.80. The zero-order valence-electron chi connectivity index (χ0n) is 20.4. The van der Waals surface area contributed by atoms with Gasteiger partial charge in [0.2, 0.25) is 5.91 Å². The van der Waals surface area contributed by atoms with Crippen molar-refractivity contribution in [2.24, 2.45) is 0 Å². The van der Waals surface area contributed by atoms with Gasteiger partial charge in [-0.1, -0.05) is 19.1 Å². The molecule has 0 aliphatic rings. The van der Waals surface area contributed by atoms with E-state index in [1.165, 1.54) is 12.1 Å². The summed E-state index contributed by atoms with van der Waals surface area (Å²) in [5.74, 6) is -0.698. The summed E-state index contributed by atoms with van der Waals surface area (Å²) in [4.78, 5) is 24.6. The van der Waals surface area contributed by atoms with Crippen molar-refractivity contribution in [2.75, 3.05) is 5.32 Å². The maximum absolute atomic E-state index is 14.0. The van der Waals surface area contributed by atoms with Crippen molar-refractivity contribution in [2.45, 2.75) is 19.8 Å². The standard InChI is InChI=1S/C29H23FN6O2/c1-2-4-27(38)32-19-10-17(14-31-15-19)23-7-8-25-28(34-23)29(36-35-25)26-13-22-21(5-3-6-24(22)33-26)16-9-18(30)12-20(37)11-16/h3,5-15,33,37H,2,4H2,1H3,(H,32,38)(H,35,36). The third-order valence-electron chi connectivity index (χ3n) is 6.32. The van der Waals surface area contributed by atoms with E-state index in [0.29, 0.717) is 34.6 Å². The number of pyridine rings is 2. The summed E-state index contributed by atoms with van der Waals surface area (Å²) in [6.07, 6.45) is 4.52. The highest BCUT2D eigenvalue weighted by Crippen LogP contribution is 2.35. The van der Waals surface area contributed by atoms with E-state index >= 15 is 0 Å². The molecule has 6 rings (SSSR count). The topological polar surface area (TPSA) is 120 Å². The van der Waals surface area contributed by atoms with Crippen molar-refractivity contribution in [3.8, 4) is 39.5 Å². The highest BCUT2D eigenvalue weighted by Gasteiger charge is 2.16. The number of aromatic hydroxyl groups is 1. The van der Waals surface area contributed by atoms with Gasteiger partial charge in [0, 0.05) is 35.2 Å². The number of phenolic OH excluding ortho intramolecular Hbond substituents is 1. The Labute approximate surface area is 216 Å². The van der Waals surface area contributed by atoms with Crippen LogP contribution >= 0.6 is 0 Å². The van der Waals surface area contributed by atoms with Gasteiger partial charge in [0.25, 0.3) is 0 Å². The minimum absolute atomic E-state index is 0.0568. The van der Waals surface area contributed by atoms with Gasteiger partial charge in [-0.15, -0.1) is 0 Å². The number of aromatic nitrogens is 5. The predicted octanol–water partition coefficient (Wildman–Crippen LogP) is 6.42. The second-order valence-corrected chi connectivity index (χ2v) is 9.07. The van der Waals surface area contributed by atoms with Crippen molar-refractivity contribution < 1.29 is 14.3 Å². The summed E-state index contributed by atoms with van der Waals surface area (Å²) in [5, 5.41) is 21.2. The van der Waals surface area contributed by atoms with E-state index in [0.717, 1.165) is 45.7 Å². The number of hydrogen-bond acceptors (Lipinski definition) is 5. The quantitative estimate of drug-likeness (QED) is 0.208. The first-order valence-corrected chi connectivity index (χ1v) is 12.2. The van der Waals surface area contributed by atoms with E-state index in [1.54, 1.807) is 12.4 Å². The lowest BCUT2D eigenvalue weighted by atomic mass is 10.0. The van der Waals surface area contributed by atoms with Gasteiger partial charge in [-0.3, -0.25) is 14.9 Å². The number of nitrogens with one attached hydrogen (secondary N) is 3. The first-order chi connectivity index (χ1) is 18.5. The lowest BCUT2D eigenvalue weighted by Gasteiger charge is -2.06. The van der Waals surface area contributed by atoms with Gasteiger partial charge in [-0.25, -0.2) is 9.37 Å². The summed E-state index contributed by atoms with van der Waals surface area (Å²) in [6.45, 7) is 1.95. The number of benzene rings is 2. The van der Waals surface area contributed by atoms with Crippen LogP contribution in [-0.4, -0.2) is 36.2 Å². The van der Waals surface area contributed by atoms with Gasteiger partial charge in [-0.05, 0) is 60.0 Å². The molecular formula is C29H23FN6O2. The van der Waals surface area contributed by atoms with Crippen LogP contribution in [-0.2, 0) is 4.79 Å². The fourth-order valence-corrected chi connectivity index (χ4v) is 4.61. The van der Waals surface area contributed by atoms with Crippen LogP contribution in [0.5, 0.6) is 5.75 Å². The smallest absolute Gasteiger partial charge is 0.224 e. The summed E-state index contributed by atoms with van der Waals surface area (Å²) in [7, 11) is 0. The fraction of sp³-hybridized carbons (Fsp3) is 0.103. The zero-order valence-corrected chi connectivity index (χ0v) is 20.4. The Bertz CT molecular complexity index is 1800. The van der Waals surface area contributed by atoms with E-state index < -0.39 is 5.82 Å².